The van der Waals surface area contributed by atoms with Crippen LogP contribution in [-0.2, 0) is 4.79 Å². The molecule has 1 saturated heterocycles. The average molecular weight is 313 g/mol. The van der Waals surface area contributed by atoms with Crippen LogP contribution in [0.5, 0.6) is 0 Å². The lowest BCUT2D eigenvalue weighted by Gasteiger charge is -2.41. The molecule has 0 aliphatic carbocycles. The third-order valence-corrected chi connectivity index (χ3v) is 4.42. The predicted octanol–water partition coefficient (Wildman–Crippen LogP) is 1.76. The molecule has 1 N–H and O–H groups in total. The number of hydrogen-bond acceptors (Lipinski definition) is 5. The van der Waals surface area contributed by atoms with Gasteiger partial charge < -0.3 is 24.5 Å². The number of anilines is 3. The first-order chi connectivity index (χ1) is 11.2. The van der Waals surface area contributed by atoms with Crippen molar-refractivity contribution in [2.75, 3.05) is 47.9 Å². The minimum Gasteiger partial charge on any atom is -0.372 e. The standard InChI is InChI=1S/C17H23N5O/c1-3-20(2)15-6-4-9-19-17(15)21-10-11-22(14(12-21)13-23)16-7-5-8-18-16/h4-9,13-14,18H,3,10-12H2,1-2H3. The molecule has 0 aromatic carbocycles. The van der Waals surface area contributed by atoms with E-state index in [4.69, 9.17) is 0 Å². The van der Waals surface area contributed by atoms with Crippen LogP contribution in [0.3, 0.4) is 0 Å². The molecule has 3 heterocycles. The third kappa shape index (κ3) is 3.02. The second kappa shape index (κ2) is 6.73. The normalized spacial score (nSPS) is 18.1. The van der Waals surface area contributed by atoms with Crippen molar-refractivity contribution in [3.63, 3.8) is 0 Å². The fourth-order valence-electron chi connectivity index (χ4n) is 3.02. The van der Waals surface area contributed by atoms with Gasteiger partial charge in [0.05, 0.1) is 5.69 Å². The topological polar surface area (TPSA) is 55.5 Å². The number of carbonyl (C=O) groups excluding carboxylic acids is 1. The van der Waals surface area contributed by atoms with E-state index in [1.54, 1.807) is 0 Å². The summed E-state index contributed by atoms with van der Waals surface area (Å²) in [4.78, 5) is 25.9. The fourth-order valence-corrected chi connectivity index (χ4v) is 3.02. The SMILES string of the molecule is CCN(C)c1cccnc1N1CCN(c2ccc[nH]2)C(C=O)C1. The average Bonchev–Trinajstić information content (AvgIpc) is 3.15. The monoisotopic (exact) mass is 313 g/mol. The maximum atomic E-state index is 11.6. The molecule has 6 nitrogen and oxygen atoms in total. The zero-order valence-electron chi connectivity index (χ0n) is 13.6. The van der Waals surface area contributed by atoms with Gasteiger partial charge in [0.25, 0.3) is 0 Å². The molecule has 0 radical (unpaired) electrons. The first-order valence-electron chi connectivity index (χ1n) is 8.01. The highest BCUT2D eigenvalue weighted by molar-refractivity contribution is 5.71. The summed E-state index contributed by atoms with van der Waals surface area (Å²) in [5.74, 6) is 1.95. The molecule has 3 rings (SSSR count). The van der Waals surface area contributed by atoms with Gasteiger partial charge in [-0.2, -0.15) is 0 Å². The van der Waals surface area contributed by atoms with E-state index in [1.165, 1.54) is 0 Å². The van der Waals surface area contributed by atoms with Gasteiger partial charge >= 0.3 is 0 Å². The molecular weight excluding hydrogens is 290 g/mol. The second-order valence-electron chi connectivity index (χ2n) is 5.76. The number of aromatic nitrogens is 2. The number of piperazine rings is 1. The summed E-state index contributed by atoms with van der Waals surface area (Å²) in [7, 11) is 2.06. The Morgan fingerprint density at radius 1 is 1.39 bits per heavy atom. The van der Waals surface area contributed by atoms with E-state index in [2.05, 4.69) is 44.7 Å². The van der Waals surface area contributed by atoms with Crippen LogP contribution in [0.15, 0.2) is 36.7 Å². The van der Waals surface area contributed by atoms with Crippen LogP contribution in [-0.4, -0.2) is 55.5 Å². The van der Waals surface area contributed by atoms with Crippen LogP contribution >= 0.6 is 0 Å². The highest BCUT2D eigenvalue weighted by Crippen LogP contribution is 2.28. The number of hydrogen-bond donors (Lipinski definition) is 1. The molecule has 2 aromatic rings. The van der Waals surface area contributed by atoms with Crippen LogP contribution in [0.2, 0.25) is 0 Å². The largest absolute Gasteiger partial charge is 0.372 e. The van der Waals surface area contributed by atoms with Crippen molar-refractivity contribution in [3.05, 3.63) is 36.7 Å². The molecular formula is C17H23N5O. The minimum absolute atomic E-state index is 0.177. The zero-order valence-corrected chi connectivity index (χ0v) is 13.6. The van der Waals surface area contributed by atoms with Gasteiger partial charge in [-0.25, -0.2) is 4.98 Å². The smallest absolute Gasteiger partial charge is 0.152 e. The van der Waals surface area contributed by atoms with E-state index in [0.29, 0.717) is 6.54 Å². The minimum atomic E-state index is -0.177. The molecule has 2 aromatic heterocycles. The van der Waals surface area contributed by atoms with Crippen LogP contribution in [0.25, 0.3) is 0 Å². The summed E-state index contributed by atoms with van der Waals surface area (Å²) in [5, 5.41) is 0. The highest BCUT2D eigenvalue weighted by atomic mass is 16.1. The molecule has 0 spiro atoms. The summed E-state index contributed by atoms with van der Waals surface area (Å²) in [6.07, 6.45) is 4.73. The van der Waals surface area contributed by atoms with E-state index in [1.807, 2.05) is 30.6 Å². The van der Waals surface area contributed by atoms with Crippen LogP contribution in [0, 0.1) is 0 Å². The number of carbonyl (C=O) groups is 1. The maximum absolute atomic E-state index is 11.6. The Morgan fingerprint density at radius 3 is 2.96 bits per heavy atom. The summed E-state index contributed by atoms with van der Waals surface area (Å²) >= 11 is 0. The summed E-state index contributed by atoms with van der Waals surface area (Å²) in [6, 6.07) is 7.82. The number of H-pyrrole nitrogens is 1. The number of aldehydes is 1. The molecule has 0 amide bonds. The molecule has 0 saturated carbocycles. The van der Waals surface area contributed by atoms with Crippen LogP contribution < -0.4 is 14.7 Å². The Labute approximate surface area is 136 Å². The van der Waals surface area contributed by atoms with Gasteiger partial charge in [0.2, 0.25) is 0 Å². The molecule has 1 aliphatic rings. The predicted molar refractivity (Wildman–Crippen MR) is 93.4 cm³/mol. The molecule has 6 heteroatoms. The van der Waals surface area contributed by atoms with Gasteiger partial charge in [0.15, 0.2) is 5.82 Å². The van der Waals surface area contributed by atoms with Gasteiger partial charge in [-0.15, -0.1) is 0 Å². The number of aromatic amines is 1. The second-order valence-corrected chi connectivity index (χ2v) is 5.76. The first-order valence-corrected chi connectivity index (χ1v) is 8.01. The number of rotatable bonds is 5. The van der Waals surface area contributed by atoms with Crippen molar-refractivity contribution < 1.29 is 4.79 Å². The van der Waals surface area contributed by atoms with Crippen molar-refractivity contribution >= 4 is 23.6 Å². The molecule has 1 atom stereocenters. The Hall–Kier alpha value is -2.50. The summed E-state index contributed by atoms with van der Waals surface area (Å²) in [6.45, 7) is 5.30. The van der Waals surface area contributed by atoms with E-state index in [-0.39, 0.29) is 6.04 Å². The quantitative estimate of drug-likeness (QED) is 0.853. The van der Waals surface area contributed by atoms with Crippen molar-refractivity contribution in [1.82, 2.24) is 9.97 Å². The van der Waals surface area contributed by atoms with E-state index < -0.39 is 0 Å². The van der Waals surface area contributed by atoms with Gasteiger partial charge in [0.1, 0.15) is 18.1 Å². The fraction of sp³-hybridized carbons (Fsp3) is 0.412. The number of pyridine rings is 1. The number of nitrogens with one attached hydrogen (secondary N) is 1. The molecule has 1 unspecified atom stereocenters. The van der Waals surface area contributed by atoms with Crippen molar-refractivity contribution in [2.45, 2.75) is 13.0 Å². The zero-order chi connectivity index (χ0) is 16.2. The van der Waals surface area contributed by atoms with Gasteiger partial charge in [-0.05, 0) is 31.2 Å². The molecule has 122 valence electrons. The van der Waals surface area contributed by atoms with Crippen molar-refractivity contribution in [1.29, 1.82) is 0 Å². The third-order valence-electron chi connectivity index (χ3n) is 4.42. The summed E-state index contributed by atoms with van der Waals surface area (Å²) in [5.41, 5.74) is 1.10. The van der Waals surface area contributed by atoms with E-state index in [0.717, 1.165) is 43.2 Å². The van der Waals surface area contributed by atoms with Gasteiger partial charge in [-0.3, -0.25) is 0 Å². The molecule has 1 aliphatic heterocycles. The Morgan fingerprint density at radius 2 is 2.26 bits per heavy atom. The lowest BCUT2D eigenvalue weighted by Crippen LogP contribution is -2.54. The Bertz CT molecular complexity index is 642. The Kier molecular flexibility index (Phi) is 4.50. The van der Waals surface area contributed by atoms with Gasteiger partial charge in [-0.1, -0.05) is 0 Å². The molecule has 23 heavy (non-hydrogen) atoms. The molecule has 1 fully saturated rings. The van der Waals surface area contributed by atoms with Crippen LogP contribution in [0.1, 0.15) is 6.92 Å². The van der Waals surface area contributed by atoms with Crippen molar-refractivity contribution in [2.24, 2.45) is 0 Å². The lowest BCUT2D eigenvalue weighted by molar-refractivity contribution is -0.108. The van der Waals surface area contributed by atoms with E-state index >= 15 is 0 Å². The maximum Gasteiger partial charge on any atom is 0.152 e. The summed E-state index contributed by atoms with van der Waals surface area (Å²) < 4.78 is 0. The first kappa shape index (κ1) is 15.4. The highest BCUT2D eigenvalue weighted by Gasteiger charge is 2.29. The van der Waals surface area contributed by atoms with Crippen LogP contribution in [0.4, 0.5) is 17.3 Å². The van der Waals surface area contributed by atoms with E-state index in [9.17, 15) is 4.79 Å². The Balaban J connectivity index is 1.83. The lowest BCUT2D eigenvalue weighted by atomic mass is 10.1. The number of nitrogens with zero attached hydrogens (tertiary/aromatic N) is 4. The van der Waals surface area contributed by atoms with Gasteiger partial charge in [0, 0.05) is 45.6 Å². The van der Waals surface area contributed by atoms with Crippen molar-refractivity contribution in [3.8, 4) is 0 Å². The molecule has 0 bridgehead atoms.